The predicted molar refractivity (Wildman–Crippen MR) is 75.4 cm³/mol. The lowest BCUT2D eigenvalue weighted by Crippen LogP contribution is -2.31. The molecule has 0 aromatic carbocycles. The Morgan fingerprint density at radius 2 is 1.47 bits per heavy atom. The Balaban J connectivity index is 0. The summed E-state index contributed by atoms with van der Waals surface area (Å²) in [6.07, 6.45) is -1.87. The highest BCUT2D eigenvalue weighted by atomic mass is 19.4. The van der Waals surface area contributed by atoms with Crippen molar-refractivity contribution in [2.75, 3.05) is 39.8 Å². The molecule has 116 valence electrons. The molecule has 0 saturated heterocycles. The van der Waals surface area contributed by atoms with E-state index >= 15 is 0 Å². The Morgan fingerprint density at radius 3 is 1.79 bits per heavy atom. The highest BCUT2D eigenvalue weighted by Gasteiger charge is 2.28. The topological polar surface area (TPSA) is 36.1 Å². The second-order valence-electron chi connectivity index (χ2n) is 4.07. The number of halogens is 3. The van der Waals surface area contributed by atoms with Gasteiger partial charge in [0.05, 0.1) is 0 Å². The molecule has 0 aromatic rings. The Hall–Kier alpha value is -0.590. The van der Waals surface area contributed by atoms with Gasteiger partial charge < -0.3 is 16.0 Å². The van der Waals surface area contributed by atoms with Gasteiger partial charge in [0.1, 0.15) is 0 Å². The second kappa shape index (κ2) is 13.8. The van der Waals surface area contributed by atoms with Gasteiger partial charge in [0, 0.05) is 31.8 Å². The third kappa shape index (κ3) is 17.4. The first-order valence-corrected chi connectivity index (χ1v) is 6.66. The van der Waals surface area contributed by atoms with Crippen molar-refractivity contribution in [3.63, 3.8) is 0 Å². The third-order valence-electron chi connectivity index (χ3n) is 2.34. The summed E-state index contributed by atoms with van der Waals surface area (Å²) in [5.41, 5.74) is -0.544. The Morgan fingerprint density at radius 1 is 1.00 bits per heavy atom. The number of nitrogens with one attached hydrogen (secondary N) is 3. The summed E-state index contributed by atoms with van der Waals surface area (Å²) in [7, 11) is 1.97. The van der Waals surface area contributed by atoms with Crippen molar-refractivity contribution in [1.29, 1.82) is 0 Å². The van der Waals surface area contributed by atoms with Crippen LogP contribution in [0, 0.1) is 0 Å². The molecule has 0 bridgehead atoms. The molecule has 0 amide bonds. The van der Waals surface area contributed by atoms with Crippen LogP contribution in [0.15, 0.2) is 11.6 Å². The fourth-order valence-corrected chi connectivity index (χ4v) is 0.981. The molecule has 0 aliphatic heterocycles. The lowest BCUT2D eigenvalue weighted by Gasteiger charge is -2.04. The van der Waals surface area contributed by atoms with Crippen LogP contribution in [0.2, 0.25) is 0 Å². The van der Waals surface area contributed by atoms with Crippen molar-refractivity contribution in [2.24, 2.45) is 0 Å². The van der Waals surface area contributed by atoms with E-state index in [4.69, 9.17) is 0 Å². The van der Waals surface area contributed by atoms with Gasteiger partial charge in [-0.15, -0.1) is 0 Å². The normalized spacial score (nSPS) is 12.1. The van der Waals surface area contributed by atoms with Crippen molar-refractivity contribution >= 4 is 0 Å². The molecule has 0 heterocycles. The zero-order chi connectivity index (χ0) is 15.1. The summed E-state index contributed by atoms with van der Waals surface area (Å²) in [6, 6.07) is 0. The van der Waals surface area contributed by atoms with E-state index in [0.29, 0.717) is 0 Å². The van der Waals surface area contributed by atoms with E-state index in [1.165, 1.54) is 13.3 Å². The standard InChI is InChI=1S/C8H21N3.C5H7F3/c1-3-4-10-7-8-11-6-5-9-2;1-3-4(2)5(6,7)8/h9-11H,3-8H2,1-2H3;3H,1-2H3/b;4-3+. The van der Waals surface area contributed by atoms with Gasteiger partial charge in [0.2, 0.25) is 0 Å². The van der Waals surface area contributed by atoms with Crippen LogP contribution < -0.4 is 16.0 Å². The summed E-state index contributed by atoms with van der Waals surface area (Å²) >= 11 is 0. The van der Waals surface area contributed by atoms with Gasteiger partial charge in [-0.25, -0.2) is 0 Å². The smallest absolute Gasteiger partial charge is 0.318 e. The maximum atomic E-state index is 11.4. The number of rotatable bonds is 8. The van der Waals surface area contributed by atoms with Crippen LogP contribution in [0.1, 0.15) is 27.2 Å². The molecule has 0 atom stereocenters. The van der Waals surface area contributed by atoms with Gasteiger partial charge in [-0.2, -0.15) is 13.2 Å². The van der Waals surface area contributed by atoms with Gasteiger partial charge in [-0.05, 0) is 33.9 Å². The molecule has 0 radical (unpaired) electrons. The summed E-state index contributed by atoms with van der Waals surface area (Å²) in [4.78, 5) is 0. The van der Waals surface area contributed by atoms with Crippen molar-refractivity contribution in [3.05, 3.63) is 11.6 Å². The minimum Gasteiger partial charge on any atom is -0.318 e. The Labute approximate surface area is 115 Å². The summed E-state index contributed by atoms with van der Waals surface area (Å²) in [5.74, 6) is 0. The van der Waals surface area contributed by atoms with E-state index < -0.39 is 11.7 Å². The largest absolute Gasteiger partial charge is 0.412 e. The van der Waals surface area contributed by atoms with Crippen molar-refractivity contribution in [2.45, 2.75) is 33.4 Å². The fraction of sp³-hybridized carbons (Fsp3) is 0.846. The Bertz CT molecular complexity index is 208. The van der Waals surface area contributed by atoms with Gasteiger partial charge in [-0.3, -0.25) is 0 Å². The predicted octanol–water partition coefficient (Wildman–Crippen LogP) is 2.31. The molecular formula is C13H28F3N3. The van der Waals surface area contributed by atoms with E-state index in [9.17, 15) is 13.2 Å². The first kappa shape index (κ1) is 20.7. The lowest BCUT2D eigenvalue weighted by molar-refractivity contribution is -0.0914. The SMILES string of the molecule is C/C=C(\C)C(F)(F)F.CCCNCCNCCNC. The molecule has 0 unspecified atom stereocenters. The molecule has 0 aromatic heterocycles. The maximum Gasteiger partial charge on any atom is 0.412 e. The molecule has 19 heavy (non-hydrogen) atoms. The molecule has 0 fully saturated rings. The molecule has 6 heteroatoms. The second-order valence-corrected chi connectivity index (χ2v) is 4.07. The van der Waals surface area contributed by atoms with Gasteiger partial charge in [0.25, 0.3) is 0 Å². The van der Waals surface area contributed by atoms with E-state index in [1.807, 2.05) is 7.05 Å². The van der Waals surface area contributed by atoms with Crippen LogP contribution in [0.5, 0.6) is 0 Å². The third-order valence-corrected chi connectivity index (χ3v) is 2.34. The minimum absolute atomic E-state index is 0.544. The summed E-state index contributed by atoms with van der Waals surface area (Å²) in [6.45, 7) is 9.98. The number of alkyl halides is 3. The van der Waals surface area contributed by atoms with Crippen LogP contribution in [0.3, 0.4) is 0 Å². The van der Waals surface area contributed by atoms with Gasteiger partial charge >= 0.3 is 6.18 Å². The molecule has 0 spiro atoms. The summed E-state index contributed by atoms with van der Waals surface area (Å²) < 4.78 is 34.1. The minimum atomic E-state index is -4.13. The zero-order valence-electron chi connectivity index (χ0n) is 12.5. The molecule has 3 nitrogen and oxygen atoms in total. The van der Waals surface area contributed by atoms with Crippen LogP contribution in [-0.4, -0.2) is 45.9 Å². The quantitative estimate of drug-likeness (QED) is 0.472. The number of likely N-dealkylation sites (N-methyl/N-ethyl adjacent to an activating group) is 1. The lowest BCUT2D eigenvalue weighted by atomic mass is 10.3. The molecule has 3 N–H and O–H groups in total. The van der Waals surface area contributed by atoms with E-state index in [-0.39, 0.29) is 0 Å². The maximum absolute atomic E-state index is 11.4. The average molecular weight is 283 g/mol. The number of hydrogen-bond acceptors (Lipinski definition) is 3. The zero-order valence-corrected chi connectivity index (χ0v) is 12.5. The average Bonchev–Trinajstić information content (AvgIpc) is 2.36. The first-order valence-electron chi connectivity index (χ1n) is 6.66. The molecular weight excluding hydrogens is 255 g/mol. The highest BCUT2D eigenvalue weighted by molar-refractivity contribution is 5.02. The van der Waals surface area contributed by atoms with E-state index in [0.717, 1.165) is 45.7 Å². The molecule has 0 rings (SSSR count). The van der Waals surface area contributed by atoms with Crippen LogP contribution >= 0.6 is 0 Å². The van der Waals surface area contributed by atoms with Crippen molar-refractivity contribution < 1.29 is 13.2 Å². The fourth-order valence-electron chi connectivity index (χ4n) is 0.981. The van der Waals surface area contributed by atoms with Gasteiger partial charge in [0.15, 0.2) is 0 Å². The monoisotopic (exact) mass is 283 g/mol. The molecule has 0 aliphatic carbocycles. The van der Waals surface area contributed by atoms with Crippen molar-refractivity contribution in [1.82, 2.24) is 16.0 Å². The van der Waals surface area contributed by atoms with Crippen molar-refractivity contribution in [3.8, 4) is 0 Å². The summed E-state index contributed by atoms with van der Waals surface area (Å²) in [5, 5.41) is 9.74. The van der Waals surface area contributed by atoms with E-state index in [2.05, 4.69) is 22.9 Å². The van der Waals surface area contributed by atoms with Crippen LogP contribution in [-0.2, 0) is 0 Å². The van der Waals surface area contributed by atoms with Gasteiger partial charge in [-0.1, -0.05) is 13.0 Å². The van der Waals surface area contributed by atoms with E-state index in [1.54, 1.807) is 0 Å². The first-order chi connectivity index (χ1) is 8.90. The Kier molecular flexibility index (Phi) is 15.1. The van der Waals surface area contributed by atoms with Crippen LogP contribution in [0.4, 0.5) is 13.2 Å². The molecule has 0 saturated carbocycles. The van der Waals surface area contributed by atoms with Crippen LogP contribution in [0.25, 0.3) is 0 Å². The number of hydrogen-bond donors (Lipinski definition) is 3. The highest BCUT2D eigenvalue weighted by Crippen LogP contribution is 2.23. The number of allylic oxidation sites excluding steroid dienone is 2. The molecule has 0 aliphatic rings.